The van der Waals surface area contributed by atoms with Crippen LogP contribution in [0.4, 0.5) is 41.1 Å². The standard InChI is InChI=1S/C24H33F4N7O/c1-2-35-12-6-9-18(35)15-30-22-32-21(29-14-16-7-4-3-5-8-16)33-23(34-22)31-17-10-11-20(19(25)13-17)36-24(26,27)28/h10-11,13,16,18H,2-9,12,14-15H2,1H3,(H3,29,30,31,32,33,34). The van der Waals surface area contributed by atoms with Crippen molar-refractivity contribution in [2.24, 2.45) is 5.92 Å². The summed E-state index contributed by atoms with van der Waals surface area (Å²) in [5.41, 5.74) is 0.186. The minimum absolute atomic E-state index is 0.154. The molecule has 1 saturated carbocycles. The molecule has 1 unspecified atom stereocenters. The van der Waals surface area contributed by atoms with Crippen molar-refractivity contribution in [3.8, 4) is 5.75 Å². The summed E-state index contributed by atoms with van der Waals surface area (Å²) >= 11 is 0. The number of rotatable bonds is 10. The molecule has 12 heteroatoms. The second kappa shape index (κ2) is 11.9. The van der Waals surface area contributed by atoms with Gasteiger partial charge in [-0.3, -0.25) is 4.90 Å². The maximum atomic E-state index is 14.2. The van der Waals surface area contributed by atoms with E-state index >= 15 is 0 Å². The van der Waals surface area contributed by atoms with Gasteiger partial charge in [-0.25, -0.2) is 4.39 Å². The number of aromatic nitrogens is 3. The van der Waals surface area contributed by atoms with Crippen molar-refractivity contribution in [3.63, 3.8) is 0 Å². The number of hydrogen-bond acceptors (Lipinski definition) is 8. The highest BCUT2D eigenvalue weighted by Gasteiger charge is 2.32. The number of ether oxygens (including phenoxy) is 1. The molecule has 198 valence electrons. The van der Waals surface area contributed by atoms with Gasteiger partial charge < -0.3 is 20.7 Å². The quantitative estimate of drug-likeness (QED) is 0.359. The summed E-state index contributed by atoms with van der Waals surface area (Å²) in [6.45, 7) is 5.61. The Hall–Kier alpha value is -2.89. The smallest absolute Gasteiger partial charge is 0.403 e. The first kappa shape index (κ1) is 26.2. The second-order valence-corrected chi connectivity index (χ2v) is 9.31. The van der Waals surface area contributed by atoms with Gasteiger partial charge in [-0.05, 0) is 56.8 Å². The van der Waals surface area contributed by atoms with Gasteiger partial charge in [0.1, 0.15) is 0 Å². The molecule has 2 heterocycles. The number of anilines is 4. The predicted molar refractivity (Wildman–Crippen MR) is 130 cm³/mol. The van der Waals surface area contributed by atoms with Gasteiger partial charge in [0.15, 0.2) is 11.6 Å². The number of nitrogens with zero attached hydrogens (tertiary/aromatic N) is 4. The van der Waals surface area contributed by atoms with Gasteiger partial charge in [-0.2, -0.15) is 15.0 Å². The van der Waals surface area contributed by atoms with Gasteiger partial charge in [-0.15, -0.1) is 13.2 Å². The van der Waals surface area contributed by atoms with Crippen LogP contribution in [-0.4, -0.2) is 58.4 Å². The molecule has 0 amide bonds. The zero-order chi connectivity index (χ0) is 25.5. The molecule has 4 rings (SSSR count). The molecule has 36 heavy (non-hydrogen) atoms. The lowest BCUT2D eigenvalue weighted by Gasteiger charge is -2.23. The molecule has 1 aliphatic heterocycles. The van der Waals surface area contributed by atoms with Gasteiger partial charge in [-0.1, -0.05) is 26.2 Å². The highest BCUT2D eigenvalue weighted by Crippen LogP contribution is 2.29. The van der Waals surface area contributed by atoms with E-state index in [9.17, 15) is 17.6 Å². The summed E-state index contributed by atoms with van der Waals surface area (Å²) in [5, 5.41) is 9.47. The number of alkyl halides is 3. The van der Waals surface area contributed by atoms with Crippen molar-refractivity contribution in [2.75, 3.05) is 42.1 Å². The van der Waals surface area contributed by atoms with Crippen LogP contribution >= 0.6 is 0 Å². The lowest BCUT2D eigenvalue weighted by Crippen LogP contribution is -2.35. The molecule has 1 aromatic carbocycles. The lowest BCUT2D eigenvalue weighted by atomic mass is 9.89. The Morgan fingerprint density at radius 3 is 2.31 bits per heavy atom. The van der Waals surface area contributed by atoms with Crippen LogP contribution in [-0.2, 0) is 0 Å². The normalized spacial score (nSPS) is 19.3. The first-order valence-electron chi connectivity index (χ1n) is 12.6. The Morgan fingerprint density at radius 2 is 1.64 bits per heavy atom. The Bertz CT molecular complexity index is 1000. The summed E-state index contributed by atoms with van der Waals surface area (Å²) in [6, 6.07) is 3.48. The first-order chi connectivity index (χ1) is 17.3. The second-order valence-electron chi connectivity index (χ2n) is 9.31. The summed E-state index contributed by atoms with van der Waals surface area (Å²) in [7, 11) is 0. The molecular formula is C24H33F4N7O. The molecule has 8 nitrogen and oxygen atoms in total. The number of hydrogen-bond donors (Lipinski definition) is 3. The van der Waals surface area contributed by atoms with Crippen molar-refractivity contribution in [2.45, 2.75) is 64.3 Å². The minimum Gasteiger partial charge on any atom is -0.403 e. The zero-order valence-electron chi connectivity index (χ0n) is 20.4. The van der Waals surface area contributed by atoms with E-state index in [2.05, 4.69) is 47.5 Å². The number of likely N-dealkylation sites (N-methyl/N-ethyl adjacent to an activating group) is 1. The van der Waals surface area contributed by atoms with Crippen LogP contribution in [0.25, 0.3) is 0 Å². The van der Waals surface area contributed by atoms with E-state index in [1.165, 1.54) is 25.3 Å². The third-order valence-electron chi connectivity index (χ3n) is 6.72. The molecule has 1 atom stereocenters. The molecular weight excluding hydrogens is 478 g/mol. The van der Waals surface area contributed by atoms with Crippen LogP contribution in [0.3, 0.4) is 0 Å². The summed E-state index contributed by atoms with van der Waals surface area (Å²) < 4.78 is 55.2. The number of halogens is 4. The summed E-state index contributed by atoms with van der Waals surface area (Å²) in [6.07, 6.45) is 3.30. The van der Waals surface area contributed by atoms with Crippen LogP contribution in [0, 0.1) is 11.7 Å². The molecule has 2 aromatic rings. The van der Waals surface area contributed by atoms with E-state index in [-0.39, 0.29) is 11.6 Å². The fraction of sp³-hybridized carbons (Fsp3) is 0.625. The van der Waals surface area contributed by atoms with Crippen molar-refractivity contribution in [3.05, 3.63) is 24.0 Å². The fourth-order valence-corrected chi connectivity index (χ4v) is 4.88. The van der Waals surface area contributed by atoms with E-state index < -0.39 is 17.9 Å². The third kappa shape index (κ3) is 7.55. The van der Waals surface area contributed by atoms with Crippen LogP contribution in [0.15, 0.2) is 18.2 Å². The number of nitrogens with one attached hydrogen (secondary N) is 3. The highest BCUT2D eigenvalue weighted by molar-refractivity contribution is 5.57. The van der Waals surface area contributed by atoms with Crippen LogP contribution in [0.5, 0.6) is 5.75 Å². The monoisotopic (exact) mass is 511 g/mol. The molecule has 1 aliphatic carbocycles. The Morgan fingerprint density at radius 1 is 0.944 bits per heavy atom. The molecule has 0 bridgehead atoms. The predicted octanol–water partition coefficient (Wildman–Crippen LogP) is 5.54. The Kier molecular flexibility index (Phi) is 8.65. The Balaban J connectivity index is 1.48. The molecule has 1 aromatic heterocycles. The van der Waals surface area contributed by atoms with Gasteiger partial charge in [0.25, 0.3) is 0 Å². The van der Waals surface area contributed by atoms with E-state index in [0.29, 0.717) is 30.4 Å². The minimum atomic E-state index is -4.98. The van der Waals surface area contributed by atoms with Gasteiger partial charge >= 0.3 is 6.36 Å². The van der Waals surface area contributed by atoms with Crippen molar-refractivity contribution >= 4 is 23.5 Å². The van der Waals surface area contributed by atoms with Gasteiger partial charge in [0, 0.05) is 30.9 Å². The van der Waals surface area contributed by atoms with E-state index in [0.717, 1.165) is 57.5 Å². The van der Waals surface area contributed by atoms with Crippen molar-refractivity contribution in [1.29, 1.82) is 0 Å². The SMILES string of the molecule is CCN1CCCC1CNc1nc(NCC2CCCCC2)nc(Nc2ccc(OC(F)(F)F)c(F)c2)n1. The van der Waals surface area contributed by atoms with Gasteiger partial charge in [0.05, 0.1) is 0 Å². The van der Waals surface area contributed by atoms with Crippen LogP contribution in [0.2, 0.25) is 0 Å². The number of benzene rings is 1. The maximum Gasteiger partial charge on any atom is 0.573 e. The molecule has 2 fully saturated rings. The average molecular weight is 512 g/mol. The van der Waals surface area contributed by atoms with E-state index in [1.807, 2.05) is 0 Å². The molecule has 0 radical (unpaired) electrons. The van der Waals surface area contributed by atoms with E-state index in [4.69, 9.17) is 0 Å². The Labute approximate surface area is 208 Å². The fourth-order valence-electron chi connectivity index (χ4n) is 4.88. The maximum absolute atomic E-state index is 14.2. The van der Waals surface area contributed by atoms with E-state index in [1.54, 1.807) is 0 Å². The van der Waals surface area contributed by atoms with Crippen LogP contribution < -0.4 is 20.7 Å². The summed E-state index contributed by atoms with van der Waals surface area (Å²) in [5.74, 6) is -0.591. The van der Waals surface area contributed by atoms with Gasteiger partial charge in [0.2, 0.25) is 17.8 Å². The molecule has 2 aliphatic rings. The average Bonchev–Trinajstić information content (AvgIpc) is 3.31. The molecule has 0 spiro atoms. The molecule has 3 N–H and O–H groups in total. The third-order valence-corrected chi connectivity index (χ3v) is 6.72. The zero-order valence-corrected chi connectivity index (χ0v) is 20.4. The largest absolute Gasteiger partial charge is 0.573 e. The van der Waals surface area contributed by atoms with Crippen LogP contribution in [0.1, 0.15) is 51.9 Å². The highest BCUT2D eigenvalue weighted by atomic mass is 19.4. The van der Waals surface area contributed by atoms with Crippen molar-refractivity contribution in [1.82, 2.24) is 19.9 Å². The van der Waals surface area contributed by atoms with Crippen molar-refractivity contribution < 1.29 is 22.3 Å². The number of likely N-dealkylation sites (tertiary alicyclic amines) is 1. The summed E-state index contributed by atoms with van der Waals surface area (Å²) in [4.78, 5) is 15.7. The molecule has 1 saturated heterocycles. The lowest BCUT2D eigenvalue weighted by molar-refractivity contribution is -0.275. The first-order valence-corrected chi connectivity index (χ1v) is 12.6. The topological polar surface area (TPSA) is 87.2 Å².